The first-order chi connectivity index (χ1) is 5.59. The quantitative estimate of drug-likeness (QED) is 0.527. The summed E-state index contributed by atoms with van der Waals surface area (Å²) in [7, 11) is 0. The summed E-state index contributed by atoms with van der Waals surface area (Å²) in [6.45, 7) is 0. The third-order valence-electron chi connectivity index (χ3n) is 1.12. The molecule has 0 amide bonds. The highest BCUT2D eigenvalue weighted by Crippen LogP contribution is 2.30. The van der Waals surface area contributed by atoms with Gasteiger partial charge in [0, 0.05) is 0 Å². The number of alkyl halides is 4. The Morgan fingerprint density at radius 1 is 1.00 bits per heavy atom. The van der Waals surface area contributed by atoms with Gasteiger partial charge < -0.3 is 10.2 Å². The first kappa shape index (κ1) is 11.7. The first-order valence-corrected chi connectivity index (χ1v) is 2.82. The molecule has 0 radical (unpaired) electrons. The van der Waals surface area contributed by atoms with Crippen LogP contribution in [0.5, 0.6) is 0 Å². The van der Waals surface area contributed by atoms with Crippen LogP contribution in [0.1, 0.15) is 6.42 Å². The molecule has 0 aliphatic rings. The lowest BCUT2D eigenvalue weighted by Gasteiger charge is -2.16. The average Bonchev–Trinajstić information content (AvgIpc) is 1.82. The highest BCUT2D eigenvalue weighted by atomic mass is 19.4. The fraction of sp³-hybridized carbons (Fsp3) is 0.600. The van der Waals surface area contributed by atoms with E-state index in [1.807, 2.05) is 0 Å². The predicted molar refractivity (Wildman–Crippen MR) is 29.8 cm³/mol. The second-order valence-electron chi connectivity index (χ2n) is 2.20. The molecule has 13 heavy (non-hydrogen) atoms. The van der Waals surface area contributed by atoms with Gasteiger partial charge in [0.15, 0.2) is 0 Å². The molecular weight excluding hydrogens is 200 g/mol. The van der Waals surface area contributed by atoms with Gasteiger partial charge in [0.1, 0.15) is 0 Å². The molecule has 0 atom stereocenters. The molecule has 0 fully saturated rings. The zero-order valence-corrected chi connectivity index (χ0v) is 5.93. The van der Waals surface area contributed by atoms with Crippen LogP contribution in [0, 0.1) is 0 Å². The minimum Gasteiger partial charge on any atom is -0.478 e. The van der Waals surface area contributed by atoms with Crippen LogP contribution in [0.2, 0.25) is 0 Å². The summed E-state index contributed by atoms with van der Waals surface area (Å²) in [6, 6.07) is 0. The number of halogens is 4. The van der Waals surface area contributed by atoms with E-state index in [4.69, 9.17) is 10.2 Å². The lowest BCUT2D eigenvalue weighted by atomic mass is 10.0. The normalized spacial score (nSPS) is 12.6. The van der Waals surface area contributed by atoms with Gasteiger partial charge in [0.25, 0.3) is 0 Å². The molecule has 0 aromatic rings. The van der Waals surface area contributed by atoms with Crippen LogP contribution in [-0.4, -0.2) is 34.0 Å². The number of carbonyl (C=O) groups is 2. The van der Waals surface area contributed by atoms with Crippen LogP contribution in [0.3, 0.4) is 0 Å². The number of aliphatic carboxylic acids is 2. The number of hydrogen-bond acceptors (Lipinski definition) is 2. The molecule has 4 nitrogen and oxygen atoms in total. The standard InChI is InChI=1S/C5H4F4O4/c6-4(2(10)11,3(12)13)1-5(7,8)9/h1H2,(H,10,11)(H,12,13). The van der Waals surface area contributed by atoms with Crippen LogP contribution in [-0.2, 0) is 9.59 Å². The van der Waals surface area contributed by atoms with E-state index in [1.54, 1.807) is 0 Å². The zero-order chi connectivity index (χ0) is 10.9. The molecule has 0 unspecified atom stereocenters. The Bertz CT molecular complexity index is 219. The largest absolute Gasteiger partial charge is 0.478 e. The lowest BCUT2D eigenvalue weighted by Crippen LogP contribution is -2.45. The van der Waals surface area contributed by atoms with E-state index in [9.17, 15) is 27.2 Å². The third-order valence-corrected chi connectivity index (χ3v) is 1.12. The fourth-order valence-corrected chi connectivity index (χ4v) is 0.519. The Hall–Kier alpha value is -1.34. The van der Waals surface area contributed by atoms with E-state index in [-0.39, 0.29) is 0 Å². The molecule has 0 spiro atoms. The van der Waals surface area contributed by atoms with Crippen LogP contribution >= 0.6 is 0 Å². The molecule has 0 heterocycles. The van der Waals surface area contributed by atoms with Gasteiger partial charge in [-0.3, -0.25) is 0 Å². The summed E-state index contributed by atoms with van der Waals surface area (Å²) in [5.41, 5.74) is -4.31. The second-order valence-corrected chi connectivity index (χ2v) is 2.20. The fourth-order valence-electron chi connectivity index (χ4n) is 0.519. The molecule has 0 aromatic carbocycles. The Balaban J connectivity index is 4.84. The van der Waals surface area contributed by atoms with E-state index < -0.39 is 30.2 Å². The van der Waals surface area contributed by atoms with E-state index in [0.717, 1.165) is 0 Å². The molecule has 0 saturated heterocycles. The summed E-state index contributed by atoms with van der Waals surface area (Å²) in [6.07, 6.45) is -7.74. The van der Waals surface area contributed by atoms with Crippen LogP contribution < -0.4 is 0 Å². The second kappa shape index (κ2) is 3.19. The van der Waals surface area contributed by atoms with Gasteiger partial charge in [-0.1, -0.05) is 0 Å². The molecule has 0 aliphatic carbocycles. The van der Waals surface area contributed by atoms with Crippen LogP contribution in [0.25, 0.3) is 0 Å². The van der Waals surface area contributed by atoms with Gasteiger partial charge >= 0.3 is 23.8 Å². The predicted octanol–water partition coefficient (Wildman–Crippen LogP) is 0.816. The van der Waals surface area contributed by atoms with Crippen molar-refractivity contribution in [3.8, 4) is 0 Å². The van der Waals surface area contributed by atoms with E-state index >= 15 is 0 Å². The highest BCUT2D eigenvalue weighted by molar-refractivity contribution is 6.01. The van der Waals surface area contributed by atoms with Gasteiger partial charge in [-0.25, -0.2) is 14.0 Å². The zero-order valence-electron chi connectivity index (χ0n) is 5.93. The molecule has 0 saturated carbocycles. The molecule has 0 aromatic heterocycles. The Morgan fingerprint density at radius 3 is 1.38 bits per heavy atom. The summed E-state index contributed by atoms with van der Waals surface area (Å²) >= 11 is 0. The number of hydrogen-bond donors (Lipinski definition) is 2. The molecule has 2 N–H and O–H groups in total. The Kier molecular flexibility index (Phi) is 2.86. The number of carboxylic acid groups (broad SMARTS) is 2. The van der Waals surface area contributed by atoms with Gasteiger partial charge in [-0.15, -0.1) is 0 Å². The van der Waals surface area contributed by atoms with Crippen molar-refractivity contribution < 1.29 is 37.4 Å². The van der Waals surface area contributed by atoms with Crippen molar-refractivity contribution in [2.75, 3.05) is 0 Å². The van der Waals surface area contributed by atoms with Crippen molar-refractivity contribution in [2.45, 2.75) is 18.3 Å². The lowest BCUT2D eigenvalue weighted by molar-refractivity contribution is -0.193. The smallest absolute Gasteiger partial charge is 0.393 e. The van der Waals surface area contributed by atoms with Crippen molar-refractivity contribution in [3.63, 3.8) is 0 Å². The van der Waals surface area contributed by atoms with E-state index in [2.05, 4.69) is 0 Å². The molecule has 0 bridgehead atoms. The van der Waals surface area contributed by atoms with Gasteiger partial charge in [-0.2, -0.15) is 13.2 Å². The van der Waals surface area contributed by atoms with Gasteiger partial charge in [-0.05, 0) is 0 Å². The van der Waals surface area contributed by atoms with Crippen LogP contribution in [0.4, 0.5) is 17.6 Å². The molecule has 8 heteroatoms. The van der Waals surface area contributed by atoms with E-state index in [1.165, 1.54) is 0 Å². The summed E-state index contributed by atoms with van der Waals surface area (Å²) in [4.78, 5) is 19.8. The van der Waals surface area contributed by atoms with Crippen molar-refractivity contribution in [1.82, 2.24) is 0 Å². The first-order valence-electron chi connectivity index (χ1n) is 2.82. The molecule has 76 valence electrons. The average molecular weight is 204 g/mol. The van der Waals surface area contributed by atoms with Crippen molar-refractivity contribution in [3.05, 3.63) is 0 Å². The number of carboxylic acids is 2. The van der Waals surface area contributed by atoms with Gasteiger partial charge in [0.2, 0.25) is 0 Å². The minimum absolute atomic E-state index is 2.55. The van der Waals surface area contributed by atoms with Crippen molar-refractivity contribution in [2.24, 2.45) is 0 Å². The maximum Gasteiger partial charge on any atom is 0.393 e. The SMILES string of the molecule is O=C(O)C(F)(CC(F)(F)F)C(=O)O. The monoisotopic (exact) mass is 204 g/mol. The topological polar surface area (TPSA) is 74.6 Å². The highest BCUT2D eigenvalue weighted by Gasteiger charge is 2.55. The maximum atomic E-state index is 12.6. The van der Waals surface area contributed by atoms with Crippen LogP contribution in [0.15, 0.2) is 0 Å². The van der Waals surface area contributed by atoms with Crippen molar-refractivity contribution in [1.29, 1.82) is 0 Å². The molecule has 0 rings (SSSR count). The Morgan fingerprint density at radius 2 is 1.31 bits per heavy atom. The third kappa shape index (κ3) is 2.88. The summed E-state index contributed by atoms with van der Waals surface area (Å²) < 4.78 is 47.1. The summed E-state index contributed by atoms with van der Waals surface area (Å²) in [5.74, 6) is -5.34. The minimum atomic E-state index is -5.19. The summed E-state index contributed by atoms with van der Waals surface area (Å²) in [5, 5.41) is 15.8. The Labute approximate surface area is 68.8 Å². The maximum absolute atomic E-state index is 12.6. The van der Waals surface area contributed by atoms with E-state index in [0.29, 0.717) is 0 Å². The van der Waals surface area contributed by atoms with Crippen molar-refractivity contribution >= 4 is 11.9 Å². The molecule has 0 aliphatic heterocycles. The van der Waals surface area contributed by atoms with Gasteiger partial charge in [0.05, 0.1) is 6.42 Å². The number of rotatable bonds is 3. The molecular formula is C5H4F4O4.